The number of piperidine rings is 1. The summed E-state index contributed by atoms with van der Waals surface area (Å²) in [7, 11) is 1.27. The lowest BCUT2D eigenvalue weighted by Gasteiger charge is -2.40. The van der Waals surface area contributed by atoms with Gasteiger partial charge in [-0.3, -0.25) is 9.59 Å². The number of nitrogens with zero attached hydrogens (tertiary/aromatic N) is 2. The molecule has 1 N–H and O–H groups in total. The molecule has 1 fully saturated rings. The lowest BCUT2D eigenvalue weighted by Crippen LogP contribution is -2.51. The summed E-state index contributed by atoms with van der Waals surface area (Å²) < 4.78 is 4.53. The minimum absolute atomic E-state index is 0.0898. The van der Waals surface area contributed by atoms with Gasteiger partial charge in [-0.2, -0.15) is 0 Å². The normalized spacial score (nSPS) is 18.0. The number of anilines is 1. The van der Waals surface area contributed by atoms with Crippen molar-refractivity contribution in [2.45, 2.75) is 31.8 Å². The molecule has 3 amide bonds. The number of likely N-dealkylation sites (tertiary alicyclic amines) is 1. The monoisotopic (exact) mass is 331 g/mol. The highest BCUT2D eigenvalue weighted by atomic mass is 16.5. The molecular weight excluding hydrogens is 310 g/mol. The number of rotatable bonds is 3. The Bertz CT molecular complexity index is 653. The lowest BCUT2D eigenvalue weighted by molar-refractivity contribution is -0.147. The minimum atomic E-state index is -0.519. The van der Waals surface area contributed by atoms with Crippen molar-refractivity contribution in [3.63, 3.8) is 0 Å². The Morgan fingerprint density at radius 1 is 1.25 bits per heavy atom. The van der Waals surface area contributed by atoms with Crippen molar-refractivity contribution in [1.29, 1.82) is 0 Å². The maximum absolute atomic E-state index is 12.3. The predicted molar refractivity (Wildman–Crippen MR) is 87.2 cm³/mol. The van der Waals surface area contributed by atoms with E-state index in [1.54, 1.807) is 4.90 Å². The molecule has 0 bridgehead atoms. The summed E-state index contributed by atoms with van der Waals surface area (Å²) in [6.45, 7) is 1.68. The Labute approximate surface area is 140 Å². The van der Waals surface area contributed by atoms with Crippen LogP contribution in [-0.2, 0) is 20.9 Å². The van der Waals surface area contributed by atoms with E-state index in [9.17, 15) is 14.4 Å². The van der Waals surface area contributed by atoms with Gasteiger partial charge in [-0.25, -0.2) is 4.79 Å². The molecule has 2 heterocycles. The predicted octanol–water partition coefficient (Wildman–Crippen LogP) is 1.59. The second kappa shape index (κ2) is 6.90. The number of carbonyl (C=O) groups excluding carboxylic acids is 3. The Balaban J connectivity index is 1.58. The van der Waals surface area contributed by atoms with Crippen LogP contribution < -0.4 is 5.32 Å². The molecule has 0 spiro atoms. The molecule has 24 heavy (non-hydrogen) atoms. The molecule has 0 aliphatic carbocycles. The molecule has 7 heteroatoms. The van der Waals surface area contributed by atoms with Crippen LogP contribution in [0.25, 0.3) is 0 Å². The molecule has 1 aromatic rings. The number of amides is 3. The van der Waals surface area contributed by atoms with Crippen molar-refractivity contribution in [3.8, 4) is 0 Å². The van der Waals surface area contributed by atoms with Gasteiger partial charge in [0, 0.05) is 31.4 Å². The standard InChI is InChI=1S/C17H21N3O4/c1-24-16(22)10-15(21)19-8-6-13(7-9-19)20-11-12-4-2-3-5-14(12)18-17(20)23/h2-5,13H,6-11H2,1H3,(H,18,23). The maximum atomic E-state index is 12.3. The van der Waals surface area contributed by atoms with Crippen molar-refractivity contribution in [2.24, 2.45) is 0 Å². The van der Waals surface area contributed by atoms with Gasteiger partial charge in [0.15, 0.2) is 0 Å². The Hall–Kier alpha value is -2.57. The number of benzene rings is 1. The van der Waals surface area contributed by atoms with Gasteiger partial charge in [0.05, 0.1) is 7.11 Å². The third-order valence-electron chi connectivity index (χ3n) is 4.64. The summed E-state index contributed by atoms with van der Waals surface area (Å²) in [6.07, 6.45) is 1.20. The summed E-state index contributed by atoms with van der Waals surface area (Å²) in [6, 6.07) is 7.78. The van der Waals surface area contributed by atoms with Crippen LogP contribution in [0.3, 0.4) is 0 Å². The number of para-hydroxylation sites is 1. The lowest BCUT2D eigenvalue weighted by atomic mass is 10.0. The number of esters is 1. The fourth-order valence-electron chi connectivity index (χ4n) is 3.25. The summed E-state index contributed by atoms with van der Waals surface area (Å²) in [5.41, 5.74) is 1.96. The third-order valence-corrected chi connectivity index (χ3v) is 4.64. The van der Waals surface area contributed by atoms with Gasteiger partial charge in [0.25, 0.3) is 0 Å². The number of carbonyl (C=O) groups is 3. The molecule has 0 atom stereocenters. The van der Waals surface area contributed by atoms with E-state index in [0.717, 1.165) is 11.3 Å². The second-order valence-corrected chi connectivity index (χ2v) is 6.08. The molecule has 0 aromatic heterocycles. The van der Waals surface area contributed by atoms with Crippen LogP contribution in [0.5, 0.6) is 0 Å². The number of urea groups is 1. The number of hydrogen-bond donors (Lipinski definition) is 1. The molecule has 1 aromatic carbocycles. The molecule has 2 aliphatic rings. The second-order valence-electron chi connectivity index (χ2n) is 6.08. The van der Waals surface area contributed by atoms with E-state index < -0.39 is 5.97 Å². The average molecular weight is 331 g/mol. The fraction of sp³-hybridized carbons (Fsp3) is 0.471. The van der Waals surface area contributed by atoms with E-state index in [2.05, 4.69) is 10.1 Å². The van der Waals surface area contributed by atoms with E-state index in [-0.39, 0.29) is 24.4 Å². The Kier molecular flexibility index (Phi) is 4.69. The van der Waals surface area contributed by atoms with Gasteiger partial charge in [-0.05, 0) is 24.5 Å². The molecule has 0 radical (unpaired) electrons. The van der Waals surface area contributed by atoms with Crippen molar-refractivity contribution in [2.75, 3.05) is 25.5 Å². The number of nitrogens with one attached hydrogen (secondary N) is 1. The van der Waals surface area contributed by atoms with Crippen LogP contribution in [0.15, 0.2) is 24.3 Å². The van der Waals surface area contributed by atoms with Crippen molar-refractivity contribution >= 4 is 23.6 Å². The van der Waals surface area contributed by atoms with E-state index in [1.165, 1.54) is 7.11 Å². The summed E-state index contributed by atoms with van der Waals surface area (Å²) in [5.74, 6) is -0.733. The largest absolute Gasteiger partial charge is 0.469 e. The van der Waals surface area contributed by atoms with E-state index in [0.29, 0.717) is 32.5 Å². The number of hydrogen-bond acceptors (Lipinski definition) is 4. The van der Waals surface area contributed by atoms with E-state index in [1.807, 2.05) is 29.2 Å². The number of ether oxygens (including phenoxy) is 1. The Morgan fingerprint density at radius 2 is 1.96 bits per heavy atom. The first-order chi connectivity index (χ1) is 11.6. The molecular formula is C17H21N3O4. The zero-order valence-corrected chi connectivity index (χ0v) is 13.7. The SMILES string of the molecule is COC(=O)CC(=O)N1CCC(N2Cc3ccccc3NC2=O)CC1. The van der Waals surface area contributed by atoms with Gasteiger partial charge in [0.2, 0.25) is 5.91 Å². The van der Waals surface area contributed by atoms with Gasteiger partial charge in [0.1, 0.15) is 6.42 Å². The first-order valence-electron chi connectivity index (χ1n) is 8.08. The first-order valence-corrected chi connectivity index (χ1v) is 8.08. The highest BCUT2D eigenvalue weighted by Gasteiger charge is 2.32. The van der Waals surface area contributed by atoms with Crippen molar-refractivity contribution < 1.29 is 19.1 Å². The zero-order valence-electron chi connectivity index (χ0n) is 13.7. The van der Waals surface area contributed by atoms with Gasteiger partial charge in [-0.15, -0.1) is 0 Å². The molecule has 128 valence electrons. The molecule has 7 nitrogen and oxygen atoms in total. The molecule has 2 aliphatic heterocycles. The van der Waals surface area contributed by atoms with Crippen LogP contribution in [0.4, 0.5) is 10.5 Å². The number of methoxy groups -OCH3 is 1. The molecule has 1 saturated heterocycles. The van der Waals surface area contributed by atoms with Gasteiger partial charge in [-0.1, -0.05) is 18.2 Å². The highest BCUT2D eigenvalue weighted by molar-refractivity contribution is 5.94. The molecule has 0 unspecified atom stereocenters. The van der Waals surface area contributed by atoms with Crippen LogP contribution in [-0.4, -0.2) is 53.9 Å². The molecule has 0 saturated carbocycles. The van der Waals surface area contributed by atoms with E-state index in [4.69, 9.17) is 0 Å². The summed E-state index contributed by atoms with van der Waals surface area (Å²) in [4.78, 5) is 39.1. The van der Waals surface area contributed by atoms with Crippen LogP contribution >= 0.6 is 0 Å². The van der Waals surface area contributed by atoms with Crippen LogP contribution in [0, 0.1) is 0 Å². The van der Waals surface area contributed by atoms with Crippen LogP contribution in [0.1, 0.15) is 24.8 Å². The summed E-state index contributed by atoms with van der Waals surface area (Å²) in [5, 5.41) is 2.92. The maximum Gasteiger partial charge on any atom is 0.322 e. The topological polar surface area (TPSA) is 79.0 Å². The Morgan fingerprint density at radius 3 is 2.67 bits per heavy atom. The highest BCUT2D eigenvalue weighted by Crippen LogP contribution is 2.27. The summed E-state index contributed by atoms with van der Waals surface area (Å²) >= 11 is 0. The van der Waals surface area contributed by atoms with Gasteiger partial charge < -0.3 is 19.9 Å². The molecule has 3 rings (SSSR count). The van der Waals surface area contributed by atoms with Crippen molar-refractivity contribution in [1.82, 2.24) is 9.80 Å². The smallest absolute Gasteiger partial charge is 0.322 e. The average Bonchev–Trinajstić information content (AvgIpc) is 2.61. The fourth-order valence-corrected chi connectivity index (χ4v) is 3.25. The van der Waals surface area contributed by atoms with Crippen LogP contribution in [0.2, 0.25) is 0 Å². The minimum Gasteiger partial charge on any atom is -0.469 e. The van der Waals surface area contributed by atoms with Crippen molar-refractivity contribution in [3.05, 3.63) is 29.8 Å². The quantitative estimate of drug-likeness (QED) is 0.674. The van der Waals surface area contributed by atoms with Gasteiger partial charge >= 0.3 is 12.0 Å². The first kappa shape index (κ1) is 16.3. The third kappa shape index (κ3) is 3.34. The van der Waals surface area contributed by atoms with E-state index >= 15 is 0 Å². The number of fused-ring (bicyclic) bond motifs is 1. The zero-order chi connectivity index (χ0) is 17.1.